The summed E-state index contributed by atoms with van der Waals surface area (Å²) in [6.45, 7) is 2.30. The van der Waals surface area contributed by atoms with E-state index in [-0.39, 0.29) is 29.6 Å². The Labute approximate surface area is 196 Å². The fourth-order valence-electron chi connectivity index (χ4n) is 3.29. The van der Waals surface area contributed by atoms with Gasteiger partial charge in [0.15, 0.2) is 0 Å². The summed E-state index contributed by atoms with van der Waals surface area (Å²) in [6, 6.07) is 0. The van der Waals surface area contributed by atoms with Crippen molar-refractivity contribution in [2.45, 2.75) is 116 Å². The summed E-state index contributed by atoms with van der Waals surface area (Å²) < 4.78 is 35.5. The van der Waals surface area contributed by atoms with Crippen LogP contribution < -0.4 is 0 Å². The van der Waals surface area contributed by atoms with Crippen LogP contribution >= 0.6 is 0 Å². The predicted molar refractivity (Wildman–Crippen MR) is 120 cm³/mol. The average molecular weight is 433 g/mol. The van der Waals surface area contributed by atoms with Gasteiger partial charge in [-0.1, -0.05) is 103 Å². The summed E-state index contributed by atoms with van der Waals surface area (Å²) in [5, 5.41) is 9.02. The molecule has 7 heteroatoms. The number of unbranched alkanes of at least 4 members (excludes halogenated alkanes) is 15. The van der Waals surface area contributed by atoms with Crippen LogP contribution in [0, 0.1) is 0 Å². The van der Waals surface area contributed by atoms with Crippen LogP contribution in [0.15, 0.2) is 0 Å². The maximum atomic E-state index is 10.7. The topological polar surface area (TPSA) is 83.8 Å². The number of hydrogen-bond donors (Lipinski definition) is 2. The van der Waals surface area contributed by atoms with E-state index >= 15 is 0 Å². The standard InChI is InChI=1S/C21H44O5S.Na.H/c1-2-3-4-5-6-7-8-9-10-11-12-13-14-15-16-17-18-26-21(19-22)20-27(23,24)25;;/h21-22H,2-20H2,1H3,(H,23,24,25);;. The van der Waals surface area contributed by atoms with E-state index in [0.717, 1.165) is 12.8 Å². The van der Waals surface area contributed by atoms with E-state index in [4.69, 9.17) is 14.4 Å². The van der Waals surface area contributed by atoms with Crippen molar-refractivity contribution >= 4 is 39.7 Å². The molecule has 0 fully saturated rings. The Balaban J connectivity index is 0. The second-order valence-corrected chi connectivity index (χ2v) is 9.22. The molecule has 0 spiro atoms. The van der Waals surface area contributed by atoms with Gasteiger partial charge >= 0.3 is 29.6 Å². The third-order valence-electron chi connectivity index (χ3n) is 4.95. The van der Waals surface area contributed by atoms with Gasteiger partial charge in [0.05, 0.1) is 12.7 Å². The van der Waals surface area contributed by atoms with Gasteiger partial charge in [-0.05, 0) is 6.42 Å². The van der Waals surface area contributed by atoms with Gasteiger partial charge in [0.25, 0.3) is 10.1 Å². The molecule has 5 nitrogen and oxygen atoms in total. The molecule has 0 bridgehead atoms. The van der Waals surface area contributed by atoms with Gasteiger partial charge in [-0.2, -0.15) is 8.42 Å². The third-order valence-corrected chi connectivity index (χ3v) is 5.74. The summed E-state index contributed by atoms with van der Waals surface area (Å²) >= 11 is 0. The van der Waals surface area contributed by atoms with Crippen LogP contribution in [-0.4, -0.2) is 72.7 Å². The summed E-state index contributed by atoms with van der Waals surface area (Å²) in [4.78, 5) is 0. The molecule has 0 aliphatic carbocycles. The van der Waals surface area contributed by atoms with Crippen LogP contribution in [0.5, 0.6) is 0 Å². The molecule has 0 radical (unpaired) electrons. The van der Waals surface area contributed by atoms with Gasteiger partial charge in [0, 0.05) is 6.61 Å². The molecule has 0 saturated heterocycles. The fraction of sp³-hybridized carbons (Fsp3) is 1.00. The summed E-state index contributed by atoms with van der Waals surface area (Å²) in [5.41, 5.74) is 0. The van der Waals surface area contributed by atoms with Crippen molar-refractivity contribution in [1.82, 2.24) is 0 Å². The van der Waals surface area contributed by atoms with Crippen molar-refractivity contribution in [2.24, 2.45) is 0 Å². The van der Waals surface area contributed by atoms with Gasteiger partial charge in [-0.15, -0.1) is 0 Å². The van der Waals surface area contributed by atoms with Crippen LogP contribution in [0.2, 0.25) is 0 Å². The molecular weight excluding hydrogens is 387 g/mol. The van der Waals surface area contributed by atoms with Gasteiger partial charge in [-0.3, -0.25) is 4.55 Å². The van der Waals surface area contributed by atoms with Gasteiger partial charge < -0.3 is 9.84 Å². The third kappa shape index (κ3) is 24.9. The first-order valence-electron chi connectivity index (χ1n) is 11.2. The van der Waals surface area contributed by atoms with Crippen LogP contribution in [0.1, 0.15) is 110 Å². The SMILES string of the molecule is CCCCCCCCCCCCCCCCCCOC(CO)CS(=O)(=O)O.[NaH]. The van der Waals surface area contributed by atoms with Crippen molar-refractivity contribution in [1.29, 1.82) is 0 Å². The number of aliphatic hydroxyl groups is 1. The number of hydrogen-bond acceptors (Lipinski definition) is 4. The Bertz CT molecular complexity index is 404. The molecule has 0 aromatic rings. The number of ether oxygens (including phenoxy) is 1. The molecule has 0 amide bonds. The first-order chi connectivity index (χ1) is 13.0. The first-order valence-corrected chi connectivity index (χ1v) is 12.8. The van der Waals surface area contributed by atoms with E-state index in [1.165, 1.54) is 89.9 Å². The van der Waals surface area contributed by atoms with Crippen LogP contribution in [-0.2, 0) is 14.9 Å². The molecule has 2 N–H and O–H groups in total. The van der Waals surface area contributed by atoms with Gasteiger partial charge in [-0.25, -0.2) is 0 Å². The van der Waals surface area contributed by atoms with Gasteiger partial charge in [0.1, 0.15) is 5.75 Å². The molecule has 0 aliphatic rings. The van der Waals surface area contributed by atoms with E-state index in [0.29, 0.717) is 6.61 Å². The Morgan fingerprint density at radius 2 is 1.07 bits per heavy atom. The molecule has 0 rings (SSSR count). The second kappa shape index (κ2) is 22.5. The molecule has 0 aromatic carbocycles. The van der Waals surface area contributed by atoms with Crippen molar-refractivity contribution in [3.8, 4) is 0 Å². The Morgan fingerprint density at radius 1 is 0.714 bits per heavy atom. The molecule has 0 aromatic heterocycles. The normalized spacial score (nSPS) is 12.7. The maximum absolute atomic E-state index is 10.7. The molecule has 1 unspecified atom stereocenters. The molecule has 0 aliphatic heterocycles. The average Bonchev–Trinajstić information content (AvgIpc) is 2.62. The Kier molecular flexibility index (Phi) is 24.9. The van der Waals surface area contributed by atoms with Gasteiger partial charge in [0.2, 0.25) is 0 Å². The van der Waals surface area contributed by atoms with E-state index in [2.05, 4.69) is 6.92 Å². The minimum absolute atomic E-state index is 0. The quantitative estimate of drug-likeness (QED) is 0.154. The zero-order valence-corrected chi connectivity index (χ0v) is 18.4. The number of aliphatic hydroxyl groups excluding tert-OH is 1. The predicted octanol–water partition coefficient (Wildman–Crippen LogP) is 4.86. The molecular formula is C21H45NaO5S. The fourth-order valence-corrected chi connectivity index (χ4v) is 3.96. The van der Waals surface area contributed by atoms with E-state index in [1.54, 1.807) is 0 Å². The summed E-state index contributed by atoms with van der Waals surface area (Å²) in [7, 11) is -4.09. The summed E-state index contributed by atoms with van der Waals surface area (Å²) in [6.07, 6.45) is 20.0. The zero-order valence-electron chi connectivity index (χ0n) is 17.5. The van der Waals surface area contributed by atoms with Crippen LogP contribution in [0.3, 0.4) is 0 Å². The molecule has 166 valence electrons. The molecule has 1 atom stereocenters. The van der Waals surface area contributed by atoms with Crippen LogP contribution in [0.4, 0.5) is 0 Å². The van der Waals surface area contributed by atoms with E-state index in [1.807, 2.05) is 0 Å². The Morgan fingerprint density at radius 3 is 1.39 bits per heavy atom. The molecule has 0 saturated carbocycles. The van der Waals surface area contributed by atoms with E-state index in [9.17, 15) is 8.42 Å². The summed E-state index contributed by atoms with van der Waals surface area (Å²) in [5.74, 6) is -0.539. The van der Waals surface area contributed by atoms with Crippen LogP contribution in [0.25, 0.3) is 0 Å². The van der Waals surface area contributed by atoms with Crippen molar-refractivity contribution in [3.05, 3.63) is 0 Å². The molecule has 28 heavy (non-hydrogen) atoms. The second-order valence-electron chi connectivity index (χ2n) is 7.73. The Hall–Kier alpha value is 0.830. The van der Waals surface area contributed by atoms with Crippen molar-refractivity contribution < 1.29 is 22.8 Å². The molecule has 0 heterocycles. The zero-order chi connectivity index (χ0) is 20.2. The van der Waals surface area contributed by atoms with E-state index < -0.39 is 28.6 Å². The number of rotatable bonds is 21. The minimum atomic E-state index is -4.09. The van der Waals surface area contributed by atoms with Crippen molar-refractivity contribution in [2.75, 3.05) is 19.0 Å². The monoisotopic (exact) mass is 432 g/mol. The first kappa shape index (κ1) is 31.0. The van der Waals surface area contributed by atoms with Crippen molar-refractivity contribution in [3.63, 3.8) is 0 Å².